The minimum atomic E-state index is -1.14. The number of hydrazine groups is 1. The molecule has 2 amide bonds. The summed E-state index contributed by atoms with van der Waals surface area (Å²) in [5.74, 6) is 4.71. The molecule has 0 rings (SSSR count). The van der Waals surface area contributed by atoms with E-state index in [1.54, 1.807) is 0 Å². The molecule has 6 heteroatoms. The Labute approximate surface area is 83.0 Å². The van der Waals surface area contributed by atoms with Crippen molar-refractivity contribution in [3.05, 3.63) is 0 Å². The summed E-state index contributed by atoms with van der Waals surface area (Å²) >= 11 is 0. The molecule has 0 aromatic carbocycles. The van der Waals surface area contributed by atoms with Gasteiger partial charge in [0.05, 0.1) is 0 Å². The molecule has 14 heavy (non-hydrogen) atoms. The fraction of sp³-hybridized carbons (Fsp3) is 0.750. The second-order valence-electron chi connectivity index (χ2n) is 3.55. The fourth-order valence-corrected chi connectivity index (χ4v) is 1.12. The SMILES string of the molecule is CC(C)CC(C(=O)NN)N(C)C(=O)O. The Morgan fingerprint density at radius 1 is 1.50 bits per heavy atom. The maximum absolute atomic E-state index is 11.3. The highest BCUT2D eigenvalue weighted by Crippen LogP contribution is 2.10. The first-order valence-electron chi connectivity index (χ1n) is 4.36. The van der Waals surface area contributed by atoms with Gasteiger partial charge in [0, 0.05) is 7.05 Å². The Kier molecular flexibility index (Phi) is 4.93. The van der Waals surface area contributed by atoms with Crippen LogP contribution in [0.3, 0.4) is 0 Å². The van der Waals surface area contributed by atoms with Gasteiger partial charge in [-0.05, 0) is 12.3 Å². The molecule has 1 unspecified atom stereocenters. The largest absolute Gasteiger partial charge is 0.465 e. The lowest BCUT2D eigenvalue weighted by Gasteiger charge is -2.25. The summed E-state index contributed by atoms with van der Waals surface area (Å²) in [6.07, 6.45) is -0.689. The van der Waals surface area contributed by atoms with Crippen LogP contribution in [0.5, 0.6) is 0 Å². The highest BCUT2D eigenvalue weighted by Gasteiger charge is 2.26. The van der Waals surface area contributed by atoms with Gasteiger partial charge < -0.3 is 5.11 Å². The lowest BCUT2D eigenvalue weighted by Crippen LogP contribution is -2.49. The summed E-state index contributed by atoms with van der Waals surface area (Å²) in [6, 6.07) is -0.725. The third-order valence-corrected chi connectivity index (χ3v) is 1.91. The van der Waals surface area contributed by atoms with Gasteiger partial charge in [0.2, 0.25) is 0 Å². The van der Waals surface area contributed by atoms with E-state index in [1.165, 1.54) is 7.05 Å². The summed E-state index contributed by atoms with van der Waals surface area (Å²) in [4.78, 5) is 22.9. The van der Waals surface area contributed by atoms with E-state index in [-0.39, 0.29) is 5.92 Å². The van der Waals surface area contributed by atoms with E-state index in [4.69, 9.17) is 10.9 Å². The van der Waals surface area contributed by atoms with Crippen LogP contribution < -0.4 is 11.3 Å². The predicted molar refractivity (Wildman–Crippen MR) is 51.4 cm³/mol. The van der Waals surface area contributed by atoms with Gasteiger partial charge in [0.1, 0.15) is 6.04 Å². The first kappa shape index (κ1) is 12.7. The normalized spacial score (nSPS) is 12.4. The molecule has 0 saturated heterocycles. The van der Waals surface area contributed by atoms with Crippen molar-refractivity contribution in [2.45, 2.75) is 26.3 Å². The van der Waals surface area contributed by atoms with Crippen LogP contribution in [0.15, 0.2) is 0 Å². The zero-order chi connectivity index (χ0) is 11.3. The summed E-state index contributed by atoms with van der Waals surface area (Å²) in [7, 11) is 1.35. The minimum absolute atomic E-state index is 0.221. The number of nitrogens with one attached hydrogen (secondary N) is 1. The van der Waals surface area contributed by atoms with E-state index in [0.717, 1.165) is 4.90 Å². The van der Waals surface area contributed by atoms with Crippen molar-refractivity contribution < 1.29 is 14.7 Å². The van der Waals surface area contributed by atoms with Crippen molar-refractivity contribution in [2.24, 2.45) is 11.8 Å². The van der Waals surface area contributed by atoms with E-state index in [2.05, 4.69) is 0 Å². The van der Waals surface area contributed by atoms with Crippen molar-refractivity contribution in [3.63, 3.8) is 0 Å². The van der Waals surface area contributed by atoms with Crippen LogP contribution >= 0.6 is 0 Å². The van der Waals surface area contributed by atoms with Gasteiger partial charge in [-0.3, -0.25) is 15.1 Å². The van der Waals surface area contributed by atoms with Crippen molar-refractivity contribution >= 4 is 12.0 Å². The molecule has 0 aromatic rings. The molecule has 0 bridgehead atoms. The second-order valence-corrected chi connectivity index (χ2v) is 3.55. The first-order chi connectivity index (χ1) is 6.40. The van der Waals surface area contributed by atoms with Crippen LogP contribution in [-0.2, 0) is 4.79 Å². The average Bonchev–Trinajstić information content (AvgIpc) is 2.11. The lowest BCUT2D eigenvalue weighted by atomic mass is 10.0. The van der Waals surface area contributed by atoms with E-state index in [0.29, 0.717) is 6.42 Å². The second kappa shape index (κ2) is 5.43. The maximum Gasteiger partial charge on any atom is 0.407 e. The summed E-state index contributed by atoms with van der Waals surface area (Å²) < 4.78 is 0. The average molecular weight is 203 g/mol. The minimum Gasteiger partial charge on any atom is -0.465 e. The fourth-order valence-electron chi connectivity index (χ4n) is 1.12. The third kappa shape index (κ3) is 3.61. The smallest absolute Gasteiger partial charge is 0.407 e. The topological polar surface area (TPSA) is 95.7 Å². The van der Waals surface area contributed by atoms with Gasteiger partial charge in [0.15, 0.2) is 0 Å². The number of nitrogens with zero attached hydrogens (tertiary/aromatic N) is 1. The van der Waals surface area contributed by atoms with Gasteiger partial charge in [-0.25, -0.2) is 10.6 Å². The molecule has 4 N–H and O–H groups in total. The van der Waals surface area contributed by atoms with Crippen LogP contribution in [0.1, 0.15) is 20.3 Å². The Bertz CT molecular complexity index is 218. The van der Waals surface area contributed by atoms with Gasteiger partial charge in [-0.15, -0.1) is 0 Å². The molecular weight excluding hydrogens is 186 g/mol. The molecule has 0 aromatic heterocycles. The third-order valence-electron chi connectivity index (χ3n) is 1.91. The molecule has 0 spiro atoms. The Hall–Kier alpha value is -1.30. The number of likely N-dealkylation sites (N-methyl/N-ethyl adjacent to an activating group) is 1. The van der Waals surface area contributed by atoms with E-state index >= 15 is 0 Å². The molecule has 0 saturated carbocycles. The van der Waals surface area contributed by atoms with Crippen LogP contribution in [0, 0.1) is 5.92 Å². The Morgan fingerprint density at radius 2 is 2.00 bits per heavy atom. The lowest BCUT2D eigenvalue weighted by molar-refractivity contribution is -0.126. The predicted octanol–water partition coefficient (Wildman–Crippen LogP) is 0.000800. The van der Waals surface area contributed by atoms with Crippen LogP contribution in [0.4, 0.5) is 4.79 Å². The van der Waals surface area contributed by atoms with E-state index < -0.39 is 18.0 Å². The van der Waals surface area contributed by atoms with Crippen molar-refractivity contribution in [1.29, 1.82) is 0 Å². The monoisotopic (exact) mass is 203 g/mol. The summed E-state index contributed by atoms with van der Waals surface area (Å²) in [6.45, 7) is 3.82. The Balaban J connectivity index is 4.54. The number of amides is 2. The molecule has 0 aliphatic carbocycles. The standard InChI is InChI=1S/C8H17N3O3/c1-5(2)4-6(7(12)10-9)11(3)8(13)14/h5-6H,4,9H2,1-3H3,(H,10,12)(H,13,14). The van der Waals surface area contributed by atoms with Gasteiger partial charge >= 0.3 is 6.09 Å². The molecule has 1 atom stereocenters. The number of nitrogens with two attached hydrogens (primary N) is 1. The summed E-state index contributed by atoms with van der Waals surface area (Å²) in [5, 5.41) is 8.71. The van der Waals surface area contributed by atoms with Gasteiger partial charge in [-0.1, -0.05) is 13.8 Å². The maximum atomic E-state index is 11.3. The zero-order valence-corrected chi connectivity index (χ0v) is 8.65. The molecular formula is C8H17N3O3. The molecule has 0 fully saturated rings. The number of hydrogen-bond donors (Lipinski definition) is 3. The van der Waals surface area contributed by atoms with E-state index in [1.807, 2.05) is 19.3 Å². The highest BCUT2D eigenvalue weighted by molar-refractivity contribution is 5.84. The van der Waals surface area contributed by atoms with Crippen LogP contribution in [0.25, 0.3) is 0 Å². The molecule has 0 aliphatic rings. The zero-order valence-electron chi connectivity index (χ0n) is 8.65. The van der Waals surface area contributed by atoms with Crippen molar-refractivity contribution in [2.75, 3.05) is 7.05 Å². The van der Waals surface area contributed by atoms with Crippen molar-refractivity contribution in [1.82, 2.24) is 10.3 Å². The number of carbonyl (C=O) groups excluding carboxylic acids is 1. The molecule has 0 aliphatic heterocycles. The first-order valence-corrected chi connectivity index (χ1v) is 4.36. The van der Waals surface area contributed by atoms with E-state index in [9.17, 15) is 9.59 Å². The molecule has 82 valence electrons. The van der Waals surface area contributed by atoms with Crippen LogP contribution in [0.2, 0.25) is 0 Å². The van der Waals surface area contributed by atoms with Gasteiger partial charge in [0.25, 0.3) is 5.91 Å². The molecule has 6 nitrogen and oxygen atoms in total. The quantitative estimate of drug-likeness (QED) is 0.340. The number of carbonyl (C=O) groups is 2. The highest BCUT2D eigenvalue weighted by atomic mass is 16.4. The molecule has 0 heterocycles. The number of hydrogen-bond acceptors (Lipinski definition) is 3. The number of rotatable bonds is 4. The summed E-state index contributed by atoms with van der Waals surface area (Å²) in [5.41, 5.74) is 1.96. The number of carboxylic acid groups (broad SMARTS) is 1. The Morgan fingerprint density at radius 3 is 2.29 bits per heavy atom. The van der Waals surface area contributed by atoms with Crippen LogP contribution in [-0.4, -0.2) is 35.1 Å². The van der Waals surface area contributed by atoms with Gasteiger partial charge in [-0.2, -0.15) is 0 Å². The molecule has 0 radical (unpaired) electrons. The van der Waals surface area contributed by atoms with Crippen molar-refractivity contribution in [3.8, 4) is 0 Å².